The Hall–Kier alpha value is -1.31. The SMILES string of the molecule is CCOC(=O)Cc1cc(C)c(C)cc1C. The minimum atomic E-state index is -0.149. The number of benzene rings is 1. The Morgan fingerprint density at radius 3 is 2.33 bits per heavy atom. The molecule has 0 bridgehead atoms. The first-order valence-corrected chi connectivity index (χ1v) is 5.27. The second-order valence-corrected chi connectivity index (χ2v) is 3.84. The van der Waals surface area contributed by atoms with Gasteiger partial charge in [0.25, 0.3) is 0 Å². The maximum absolute atomic E-state index is 11.3. The van der Waals surface area contributed by atoms with Crippen LogP contribution in [0.25, 0.3) is 0 Å². The average Bonchev–Trinajstić information content (AvgIpc) is 2.14. The van der Waals surface area contributed by atoms with Crippen LogP contribution in [0.1, 0.15) is 29.2 Å². The lowest BCUT2D eigenvalue weighted by Gasteiger charge is -2.09. The summed E-state index contributed by atoms with van der Waals surface area (Å²) in [6.45, 7) is 8.44. The van der Waals surface area contributed by atoms with Gasteiger partial charge in [0.05, 0.1) is 13.0 Å². The molecule has 0 N–H and O–H groups in total. The Morgan fingerprint density at radius 1 is 1.13 bits per heavy atom. The van der Waals surface area contributed by atoms with E-state index in [2.05, 4.69) is 26.0 Å². The third-order valence-corrected chi connectivity index (χ3v) is 2.59. The van der Waals surface area contributed by atoms with E-state index in [1.54, 1.807) is 0 Å². The molecule has 0 saturated carbocycles. The quantitative estimate of drug-likeness (QED) is 0.711. The fourth-order valence-corrected chi connectivity index (χ4v) is 1.58. The number of esters is 1. The molecule has 1 aromatic carbocycles. The van der Waals surface area contributed by atoms with E-state index >= 15 is 0 Å². The van der Waals surface area contributed by atoms with E-state index < -0.39 is 0 Å². The normalized spacial score (nSPS) is 10.1. The van der Waals surface area contributed by atoms with Crippen molar-refractivity contribution in [2.24, 2.45) is 0 Å². The lowest BCUT2D eigenvalue weighted by Crippen LogP contribution is -2.09. The predicted molar refractivity (Wildman–Crippen MR) is 61.0 cm³/mol. The molecule has 0 aromatic heterocycles. The van der Waals surface area contributed by atoms with Gasteiger partial charge in [0.2, 0.25) is 0 Å². The lowest BCUT2D eigenvalue weighted by molar-refractivity contribution is -0.142. The summed E-state index contributed by atoms with van der Waals surface area (Å²) in [5.74, 6) is -0.149. The molecule has 0 aliphatic rings. The molecule has 0 fully saturated rings. The van der Waals surface area contributed by atoms with Crippen LogP contribution >= 0.6 is 0 Å². The molecule has 0 aliphatic carbocycles. The Kier molecular flexibility index (Phi) is 3.89. The van der Waals surface area contributed by atoms with Crippen LogP contribution in [0, 0.1) is 20.8 Å². The van der Waals surface area contributed by atoms with E-state index in [4.69, 9.17) is 4.74 Å². The first-order valence-electron chi connectivity index (χ1n) is 5.27. The zero-order valence-corrected chi connectivity index (χ0v) is 9.89. The van der Waals surface area contributed by atoms with Crippen molar-refractivity contribution >= 4 is 5.97 Å². The fourth-order valence-electron chi connectivity index (χ4n) is 1.58. The Balaban J connectivity index is 2.86. The largest absolute Gasteiger partial charge is 0.466 e. The monoisotopic (exact) mass is 206 g/mol. The van der Waals surface area contributed by atoms with Crippen LogP contribution < -0.4 is 0 Å². The molecular formula is C13H18O2. The van der Waals surface area contributed by atoms with Crippen molar-refractivity contribution in [2.45, 2.75) is 34.1 Å². The minimum absolute atomic E-state index is 0.149. The van der Waals surface area contributed by atoms with Crippen molar-refractivity contribution in [1.29, 1.82) is 0 Å². The van der Waals surface area contributed by atoms with Crippen molar-refractivity contribution < 1.29 is 9.53 Å². The third kappa shape index (κ3) is 3.08. The predicted octanol–water partition coefficient (Wildman–Crippen LogP) is 2.72. The Morgan fingerprint density at radius 2 is 1.73 bits per heavy atom. The molecule has 0 amide bonds. The van der Waals surface area contributed by atoms with Crippen LogP contribution in [0.4, 0.5) is 0 Å². The minimum Gasteiger partial charge on any atom is -0.466 e. The standard InChI is InChI=1S/C13H18O2/c1-5-15-13(14)8-12-7-10(3)9(2)6-11(12)4/h6-7H,5,8H2,1-4H3. The molecule has 1 aromatic rings. The van der Waals surface area contributed by atoms with Gasteiger partial charge in [-0.1, -0.05) is 12.1 Å². The first-order chi connectivity index (χ1) is 7.04. The molecule has 1 rings (SSSR count). The maximum Gasteiger partial charge on any atom is 0.310 e. The number of ether oxygens (including phenoxy) is 1. The van der Waals surface area contributed by atoms with Gasteiger partial charge < -0.3 is 4.74 Å². The van der Waals surface area contributed by atoms with Crippen LogP contribution in [-0.2, 0) is 16.0 Å². The van der Waals surface area contributed by atoms with E-state index in [0.29, 0.717) is 13.0 Å². The number of aryl methyl sites for hydroxylation is 3. The zero-order valence-electron chi connectivity index (χ0n) is 9.89. The van der Waals surface area contributed by atoms with Gasteiger partial charge in [-0.3, -0.25) is 4.79 Å². The molecule has 0 heterocycles. The van der Waals surface area contributed by atoms with Gasteiger partial charge in [-0.2, -0.15) is 0 Å². The summed E-state index contributed by atoms with van der Waals surface area (Å²) < 4.78 is 4.93. The van der Waals surface area contributed by atoms with Crippen molar-refractivity contribution in [3.05, 3.63) is 34.4 Å². The van der Waals surface area contributed by atoms with Gasteiger partial charge in [0.15, 0.2) is 0 Å². The van der Waals surface area contributed by atoms with Gasteiger partial charge >= 0.3 is 5.97 Å². The van der Waals surface area contributed by atoms with Crippen molar-refractivity contribution in [1.82, 2.24) is 0 Å². The Bertz CT molecular complexity index is 367. The number of hydrogen-bond donors (Lipinski definition) is 0. The van der Waals surface area contributed by atoms with Crippen LogP contribution in [0.3, 0.4) is 0 Å². The molecule has 0 atom stereocenters. The molecule has 0 radical (unpaired) electrons. The van der Waals surface area contributed by atoms with Gasteiger partial charge in [-0.05, 0) is 49.9 Å². The van der Waals surface area contributed by atoms with E-state index in [9.17, 15) is 4.79 Å². The fraction of sp³-hybridized carbons (Fsp3) is 0.462. The summed E-state index contributed by atoms with van der Waals surface area (Å²) in [6, 6.07) is 4.19. The molecule has 2 heteroatoms. The second-order valence-electron chi connectivity index (χ2n) is 3.84. The number of carbonyl (C=O) groups excluding carboxylic acids is 1. The smallest absolute Gasteiger partial charge is 0.310 e. The highest BCUT2D eigenvalue weighted by Crippen LogP contribution is 2.16. The number of rotatable bonds is 3. The molecule has 0 spiro atoms. The molecule has 0 aliphatic heterocycles. The topological polar surface area (TPSA) is 26.3 Å². The average molecular weight is 206 g/mol. The molecular weight excluding hydrogens is 188 g/mol. The highest BCUT2D eigenvalue weighted by atomic mass is 16.5. The molecule has 15 heavy (non-hydrogen) atoms. The van der Waals surface area contributed by atoms with E-state index in [1.807, 2.05) is 13.8 Å². The summed E-state index contributed by atoms with van der Waals surface area (Å²) in [5.41, 5.74) is 4.71. The number of hydrogen-bond acceptors (Lipinski definition) is 2. The van der Waals surface area contributed by atoms with Crippen molar-refractivity contribution in [3.63, 3.8) is 0 Å². The van der Waals surface area contributed by atoms with Crippen LogP contribution in [0.2, 0.25) is 0 Å². The molecule has 0 saturated heterocycles. The van der Waals surface area contributed by atoms with Crippen LogP contribution in [-0.4, -0.2) is 12.6 Å². The summed E-state index contributed by atoms with van der Waals surface area (Å²) >= 11 is 0. The molecule has 2 nitrogen and oxygen atoms in total. The summed E-state index contributed by atoms with van der Waals surface area (Å²) in [7, 11) is 0. The zero-order chi connectivity index (χ0) is 11.4. The van der Waals surface area contributed by atoms with Gasteiger partial charge in [0, 0.05) is 0 Å². The Labute approximate surface area is 91.3 Å². The molecule has 82 valence electrons. The highest BCUT2D eigenvalue weighted by molar-refractivity contribution is 5.73. The number of carbonyl (C=O) groups is 1. The van der Waals surface area contributed by atoms with Gasteiger partial charge in [-0.15, -0.1) is 0 Å². The van der Waals surface area contributed by atoms with E-state index in [1.165, 1.54) is 11.1 Å². The van der Waals surface area contributed by atoms with Crippen molar-refractivity contribution in [2.75, 3.05) is 6.61 Å². The van der Waals surface area contributed by atoms with Gasteiger partial charge in [0.1, 0.15) is 0 Å². The van der Waals surface area contributed by atoms with Crippen LogP contribution in [0.5, 0.6) is 0 Å². The summed E-state index contributed by atoms with van der Waals surface area (Å²) in [4.78, 5) is 11.3. The summed E-state index contributed by atoms with van der Waals surface area (Å²) in [6.07, 6.45) is 0.376. The van der Waals surface area contributed by atoms with Gasteiger partial charge in [-0.25, -0.2) is 0 Å². The molecule has 0 unspecified atom stereocenters. The van der Waals surface area contributed by atoms with Crippen LogP contribution in [0.15, 0.2) is 12.1 Å². The maximum atomic E-state index is 11.3. The van der Waals surface area contributed by atoms with E-state index in [0.717, 1.165) is 11.1 Å². The highest BCUT2D eigenvalue weighted by Gasteiger charge is 2.07. The first kappa shape index (κ1) is 11.8. The summed E-state index contributed by atoms with van der Waals surface area (Å²) in [5, 5.41) is 0. The van der Waals surface area contributed by atoms with E-state index in [-0.39, 0.29) is 5.97 Å². The second kappa shape index (κ2) is 4.96. The lowest BCUT2D eigenvalue weighted by atomic mass is 9.99. The third-order valence-electron chi connectivity index (χ3n) is 2.59. The van der Waals surface area contributed by atoms with Crippen molar-refractivity contribution in [3.8, 4) is 0 Å².